The van der Waals surface area contributed by atoms with Gasteiger partial charge < -0.3 is 10.0 Å². The summed E-state index contributed by atoms with van der Waals surface area (Å²) in [5.74, 6) is 0.558. The Morgan fingerprint density at radius 3 is 3.08 bits per heavy atom. The van der Waals surface area contributed by atoms with Gasteiger partial charge in [-0.15, -0.1) is 11.3 Å². The van der Waals surface area contributed by atoms with Crippen LogP contribution in [0.1, 0.15) is 25.0 Å². The lowest BCUT2D eigenvalue weighted by molar-refractivity contribution is 0.239. The van der Waals surface area contributed by atoms with Gasteiger partial charge in [0.2, 0.25) is 5.95 Å². The standard InChI is InChI=1S/C17H19N5O2S/c1-11-10-25-17-19-8-13(15(24)22(11)17)14-5-6-18-16(20-14)21-7-3-2-4-12(21)9-23/h5-6,8,10,12,23H,2-4,7,9H2,1H3/t12-/m1/s1. The fourth-order valence-corrected chi connectivity index (χ4v) is 4.12. The number of thiazole rings is 1. The van der Waals surface area contributed by atoms with Crippen LogP contribution in [0, 0.1) is 6.92 Å². The number of aromatic nitrogens is 4. The second kappa shape index (κ2) is 6.53. The summed E-state index contributed by atoms with van der Waals surface area (Å²) in [7, 11) is 0. The minimum absolute atomic E-state index is 0.0322. The van der Waals surface area contributed by atoms with Crippen LogP contribution in [0.3, 0.4) is 0 Å². The number of fused-ring (bicyclic) bond motifs is 1. The Morgan fingerprint density at radius 2 is 2.24 bits per heavy atom. The van der Waals surface area contributed by atoms with Gasteiger partial charge in [-0.3, -0.25) is 9.20 Å². The molecule has 8 heteroatoms. The van der Waals surface area contributed by atoms with Gasteiger partial charge in [0.15, 0.2) is 4.96 Å². The maximum atomic E-state index is 12.8. The molecule has 25 heavy (non-hydrogen) atoms. The zero-order valence-electron chi connectivity index (χ0n) is 13.9. The normalized spacial score (nSPS) is 18.0. The minimum atomic E-state index is -0.120. The fraction of sp³-hybridized carbons (Fsp3) is 0.412. The summed E-state index contributed by atoms with van der Waals surface area (Å²) >= 11 is 1.44. The summed E-state index contributed by atoms with van der Waals surface area (Å²) in [6.45, 7) is 2.79. The lowest BCUT2D eigenvalue weighted by Crippen LogP contribution is -2.42. The third-order valence-corrected chi connectivity index (χ3v) is 5.59. The van der Waals surface area contributed by atoms with Gasteiger partial charge in [-0.1, -0.05) is 0 Å². The molecule has 0 aromatic carbocycles. The van der Waals surface area contributed by atoms with Crippen LogP contribution < -0.4 is 10.5 Å². The predicted molar refractivity (Wildman–Crippen MR) is 97.2 cm³/mol. The number of piperidine rings is 1. The largest absolute Gasteiger partial charge is 0.394 e. The number of aliphatic hydroxyl groups excluding tert-OH is 1. The van der Waals surface area contributed by atoms with Gasteiger partial charge in [0.25, 0.3) is 5.56 Å². The van der Waals surface area contributed by atoms with Crippen LogP contribution in [-0.2, 0) is 0 Å². The first-order chi connectivity index (χ1) is 12.2. The van der Waals surface area contributed by atoms with Crippen molar-refractivity contribution >= 4 is 22.2 Å². The Kier molecular flexibility index (Phi) is 4.22. The molecule has 130 valence electrons. The van der Waals surface area contributed by atoms with Crippen molar-refractivity contribution < 1.29 is 5.11 Å². The predicted octanol–water partition coefficient (Wildman–Crippen LogP) is 1.87. The SMILES string of the molecule is Cc1csc2ncc(-c3ccnc(N4CCCC[C@@H]4CO)n3)c(=O)n12. The molecule has 0 spiro atoms. The number of rotatable bonds is 3. The van der Waals surface area contributed by atoms with Crippen LogP contribution in [0.4, 0.5) is 5.95 Å². The van der Waals surface area contributed by atoms with Crippen molar-refractivity contribution in [1.29, 1.82) is 0 Å². The Hall–Kier alpha value is -2.32. The zero-order chi connectivity index (χ0) is 17.4. The molecule has 0 amide bonds. The van der Waals surface area contributed by atoms with E-state index in [-0.39, 0.29) is 18.2 Å². The number of anilines is 1. The molecule has 1 fully saturated rings. The summed E-state index contributed by atoms with van der Waals surface area (Å²) in [5.41, 5.74) is 1.76. The molecule has 0 unspecified atom stereocenters. The van der Waals surface area contributed by atoms with E-state index in [0.29, 0.717) is 22.2 Å². The maximum absolute atomic E-state index is 12.8. The van der Waals surface area contributed by atoms with Gasteiger partial charge in [-0.05, 0) is 32.3 Å². The van der Waals surface area contributed by atoms with Gasteiger partial charge in [-0.2, -0.15) is 0 Å². The Bertz CT molecular complexity index is 967. The molecule has 0 saturated carbocycles. The van der Waals surface area contributed by atoms with Crippen LogP contribution in [0.2, 0.25) is 0 Å². The summed E-state index contributed by atoms with van der Waals surface area (Å²) in [5, 5.41) is 11.5. The van der Waals surface area contributed by atoms with Crippen molar-refractivity contribution in [2.75, 3.05) is 18.1 Å². The first-order valence-corrected chi connectivity index (χ1v) is 9.24. The highest BCUT2D eigenvalue weighted by Gasteiger charge is 2.24. The number of hydrogen-bond donors (Lipinski definition) is 1. The molecule has 0 aliphatic carbocycles. The lowest BCUT2D eigenvalue weighted by Gasteiger charge is -2.34. The summed E-state index contributed by atoms with van der Waals surface area (Å²) in [6.07, 6.45) is 6.32. The molecular weight excluding hydrogens is 338 g/mol. The fourth-order valence-electron chi connectivity index (χ4n) is 3.29. The molecule has 4 heterocycles. The molecular formula is C17H19N5O2S. The topological polar surface area (TPSA) is 83.6 Å². The zero-order valence-corrected chi connectivity index (χ0v) is 14.7. The highest BCUT2D eigenvalue weighted by molar-refractivity contribution is 7.15. The van der Waals surface area contributed by atoms with E-state index in [9.17, 15) is 9.90 Å². The lowest BCUT2D eigenvalue weighted by atomic mass is 10.0. The number of aryl methyl sites for hydroxylation is 1. The van der Waals surface area contributed by atoms with Gasteiger partial charge in [0.05, 0.1) is 23.9 Å². The molecule has 1 aliphatic rings. The van der Waals surface area contributed by atoms with Crippen molar-refractivity contribution in [2.45, 2.75) is 32.2 Å². The monoisotopic (exact) mass is 357 g/mol. The second-order valence-electron chi connectivity index (χ2n) is 6.24. The highest BCUT2D eigenvalue weighted by Crippen LogP contribution is 2.23. The number of nitrogens with zero attached hydrogens (tertiary/aromatic N) is 5. The molecule has 0 radical (unpaired) electrons. The maximum Gasteiger partial charge on any atom is 0.268 e. The van der Waals surface area contributed by atoms with E-state index in [2.05, 4.69) is 15.0 Å². The Labute approximate surface area is 148 Å². The third-order valence-electron chi connectivity index (χ3n) is 4.63. The van der Waals surface area contributed by atoms with Crippen LogP contribution in [0.15, 0.2) is 28.6 Å². The average Bonchev–Trinajstić information content (AvgIpc) is 3.04. The van der Waals surface area contributed by atoms with Gasteiger partial charge in [0, 0.05) is 30.0 Å². The van der Waals surface area contributed by atoms with Gasteiger partial charge in [-0.25, -0.2) is 15.0 Å². The number of aliphatic hydroxyl groups is 1. The molecule has 1 N–H and O–H groups in total. The third kappa shape index (κ3) is 2.81. The van der Waals surface area contributed by atoms with E-state index in [4.69, 9.17) is 0 Å². The summed E-state index contributed by atoms with van der Waals surface area (Å²) < 4.78 is 1.61. The van der Waals surface area contributed by atoms with E-state index < -0.39 is 0 Å². The van der Waals surface area contributed by atoms with Crippen molar-refractivity contribution in [1.82, 2.24) is 19.4 Å². The molecule has 1 atom stereocenters. The van der Waals surface area contributed by atoms with E-state index in [1.54, 1.807) is 22.9 Å². The minimum Gasteiger partial charge on any atom is -0.394 e. The van der Waals surface area contributed by atoms with Crippen LogP contribution in [0.25, 0.3) is 16.2 Å². The van der Waals surface area contributed by atoms with Crippen LogP contribution in [0.5, 0.6) is 0 Å². The molecule has 4 rings (SSSR count). The first-order valence-electron chi connectivity index (χ1n) is 8.36. The number of hydrogen-bond acceptors (Lipinski definition) is 7. The summed E-state index contributed by atoms with van der Waals surface area (Å²) in [6, 6.07) is 1.76. The van der Waals surface area contributed by atoms with E-state index in [0.717, 1.165) is 31.5 Å². The average molecular weight is 357 g/mol. The van der Waals surface area contributed by atoms with Crippen molar-refractivity contribution in [2.24, 2.45) is 0 Å². The summed E-state index contributed by atoms with van der Waals surface area (Å²) in [4.78, 5) is 28.9. The molecule has 3 aromatic rings. The molecule has 1 saturated heterocycles. The van der Waals surface area contributed by atoms with E-state index in [1.807, 2.05) is 17.2 Å². The van der Waals surface area contributed by atoms with Crippen molar-refractivity contribution in [3.63, 3.8) is 0 Å². The van der Waals surface area contributed by atoms with Crippen molar-refractivity contribution in [3.8, 4) is 11.3 Å². The van der Waals surface area contributed by atoms with Gasteiger partial charge in [0.1, 0.15) is 0 Å². The second-order valence-corrected chi connectivity index (χ2v) is 7.08. The van der Waals surface area contributed by atoms with Crippen LogP contribution >= 0.6 is 11.3 Å². The Balaban J connectivity index is 1.78. The van der Waals surface area contributed by atoms with Crippen LogP contribution in [-0.4, -0.2) is 43.7 Å². The van der Waals surface area contributed by atoms with Gasteiger partial charge >= 0.3 is 0 Å². The van der Waals surface area contributed by atoms with E-state index in [1.165, 1.54) is 11.3 Å². The molecule has 7 nitrogen and oxygen atoms in total. The van der Waals surface area contributed by atoms with Crippen molar-refractivity contribution in [3.05, 3.63) is 39.9 Å². The quantitative estimate of drug-likeness (QED) is 0.770. The first kappa shape index (κ1) is 16.2. The smallest absolute Gasteiger partial charge is 0.268 e. The highest BCUT2D eigenvalue weighted by atomic mass is 32.1. The Morgan fingerprint density at radius 1 is 1.36 bits per heavy atom. The molecule has 0 bridgehead atoms. The molecule has 3 aromatic heterocycles. The molecule has 1 aliphatic heterocycles. The van der Waals surface area contributed by atoms with E-state index >= 15 is 0 Å².